The lowest BCUT2D eigenvalue weighted by atomic mass is 10.1. The lowest BCUT2D eigenvalue weighted by molar-refractivity contribution is -0.274. The summed E-state index contributed by atoms with van der Waals surface area (Å²) in [6.45, 7) is 0.261. The van der Waals surface area contributed by atoms with Crippen molar-refractivity contribution in [3.8, 4) is 5.75 Å². The summed E-state index contributed by atoms with van der Waals surface area (Å²) in [4.78, 5) is -0.146. The molecule has 1 saturated heterocycles. The molecule has 0 aromatic heterocycles. The van der Waals surface area contributed by atoms with Crippen LogP contribution in [0.2, 0.25) is 10.0 Å². The van der Waals surface area contributed by atoms with Crippen LogP contribution in [0.15, 0.2) is 47.4 Å². The second kappa shape index (κ2) is 8.08. The Morgan fingerprint density at radius 1 is 1.07 bits per heavy atom. The molecule has 0 N–H and O–H groups in total. The number of nitrogens with zero attached hydrogens (tertiary/aromatic N) is 1. The molecule has 11 heteroatoms. The Balaban J connectivity index is 1.79. The van der Waals surface area contributed by atoms with E-state index in [-0.39, 0.29) is 24.6 Å². The molecule has 0 radical (unpaired) electrons. The SMILES string of the molecule is O=S(=O)(c1ccc(OC(F)(F)F)cc1)N1CCOC(c2cc(Cl)cc(Cl)c2)C1. The fourth-order valence-corrected chi connectivity index (χ4v) is 4.74. The smallest absolute Gasteiger partial charge is 0.406 e. The molecular weight excluding hydrogens is 442 g/mol. The number of halogens is 5. The first-order valence-electron chi connectivity index (χ1n) is 7.98. The van der Waals surface area contributed by atoms with E-state index in [9.17, 15) is 21.6 Å². The van der Waals surface area contributed by atoms with Crippen LogP contribution >= 0.6 is 23.2 Å². The minimum atomic E-state index is -4.85. The summed E-state index contributed by atoms with van der Waals surface area (Å²) in [7, 11) is -3.93. The zero-order valence-corrected chi connectivity index (χ0v) is 16.4. The van der Waals surface area contributed by atoms with E-state index >= 15 is 0 Å². The highest BCUT2D eigenvalue weighted by Gasteiger charge is 2.33. The molecule has 0 spiro atoms. The van der Waals surface area contributed by atoms with Crippen molar-refractivity contribution in [3.63, 3.8) is 0 Å². The van der Waals surface area contributed by atoms with Gasteiger partial charge in [-0.2, -0.15) is 4.31 Å². The maximum atomic E-state index is 12.8. The Kier molecular flexibility index (Phi) is 6.11. The fraction of sp³-hybridized carbons (Fsp3) is 0.294. The lowest BCUT2D eigenvalue weighted by Crippen LogP contribution is -2.42. The number of rotatable bonds is 4. The zero-order valence-electron chi connectivity index (χ0n) is 14.1. The Hall–Kier alpha value is -1.52. The van der Waals surface area contributed by atoms with Crippen LogP contribution in [-0.2, 0) is 14.8 Å². The molecule has 1 fully saturated rings. The van der Waals surface area contributed by atoms with Crippen molar-refractivity contribution in [1.29, 1.82) is 0 Å². The van der Waals surface area contributed by atoms with Gasteiger partial charge in [0, 0.05) is 23.1 Å². The molecule has 1 heterocycles. The average molecular weight is 456 g/mol. The van der Waals surface area contributed by atoms with Crippen LogP contribution in [0, 0.1) is 0 Å². The molecule has 1 aliphatic rings. The molecule has 2 aromatic carbocycles. The number of benzene rings is 2. The van der Waals surface area contributed by atoms with Gasteiger partial charge in [0.25, 0.3) is 0 Å². The highest BCUT2D eigenvalue weighted by Crippen LogP contribution is 2.31. The molecule has 0 bridgehead atoms. The van der Waals surface area contributed by atoms with E-state index in [1.54, 1.807) is 18.2 Å². The van der Waals surface area contributed by atoms with Crippen molar-refractivity contribution in [2.24, 2.45) is 0 Å². The third-order valence-corrected chi connectivity index (χ3v) is 6.30. The normalized spacial score (nSPS) is 18.8. The molecule has 0 aliphatic carbocycles. The van der Waals surface area contributed by atoms with E-state index in [4.69, 9.17) is 27.9 Å². The van der Waals surface area contributed by atoms with Crippen LogP contribution < -0.4 is 4.74 Å². The van der Waals surface area contributed by atoms with Crippen LogP contribution in [-0.4, -0.2) is 38.8 Å². The van der Waals surface area contributed by atoms with Crippen molar-refractivity contribution in [3.05, 3.63) is 58.1 Å². The van der Waals surface area contributed by atoms with Crippen LogP contribution in [0.4, 0.5) is 13.2 Å². The lowest BCUT2D eigenvalue weighted by Gasteiger charge is -2.32. The summed E-state index contributed by atoms with van der Waals surface area (Å²) in [5.74, 6) is -0.500. The van der Waals surface area contributed by atoms with Gasteiger partial charge < -0.3 is 9.47 Å². The second-order valence-electron chi connectivity index (χ2n) is 5.94. The van der Waals surface area contributed by atoms with E-state index in [1.807, 2.05) is 0 Å². The van der Waals surface area contributed by atoms with Gasteiger partial charge in [-0.3, -0.25) is 0 Å². The molecule has 1 atom stereocenters. The highest BCUT2D eigenvalue weighted by atomic mass is 35.5. The highest BCUT2D eigenvalue weighted by molar-refractivity contribution is 7.89. The quantitative estimate of drug-likeness (QED) is 0.672. The molecule has 5 nitrogen and oxygen atoms in total. The number of alkyl halides is 3. The molecule has 3 rings (SSSR count). The minimum Gasteiger partial charge on any atom is -0.406 e. The Bertz CT molecular complexity index is 932. The number of sulfonamides is 1. The van der Waals surface area contributed by atoms with Crippen molar-refractivity contribution in [1.82, 2.24) is 4.31 Å². The standard InChI is InChI=1S/C17H14Cl2F3NO4S/c18-12-7-11(8-13(19)9-12)16-10-23(5-6-26-16)28(24,25)15-3-1-14(2-4-15)27-17(20,21)22/h1-4,7-9,16H,5-6,10H2. The molecule has 152 valence electrons. The van der Waals surface area contributed by atoms with Gasteiger partial charge in [0.05, 0.1) is 17.6 Å². The number of hydrogen-bond donors (Lipinski definition) is 0. The zero-order chi connectivity index (χ0) is 20.5. The largest absolute Gasteiger partial charge is 0.573 e. The summed E-state index contributed by atoms with van der Waals surface area (Å²) < 4.78 is 73.0. The first-order valence-corrected chi connectivity index (χ1v) is 10.2. The van der Waals surface area contributed by atoms with E-state index in [2.05, 4.69) is 4.74 Å². The molecule has 28 heavy (non-hydrogen) atoms. The van der Waals surface area contributed by atoms with E-state index in [0.29, 0.717) is 15.6 Å². The molecule has 1 unspecified atom stereocenters. The number of ether oxygens (including phenoxy) is 2. The average Bonchev–Trinajstić information content (AvgIpc) is 2.60. The van der Waals surface area contributed by atoms with E-state index in [0.717, 1.165) is 24.3 Å². The van der Waals surface area contributed by atoms with Gasteiger partial charge in [0.2, 0.25) is 10.0 Å². The van der Waals surface area contributed by atoms with Crippen molar-refractivity contribution < 1.29 is 31.1 Å². The molecule has 1 aliphatic heterocycles. The van der Waals surface area contributed by atoms with Gasteiger partial charge >= 0.3 is 6.36 Å². The predicted molar refractivity (Wildman–Crippen MR) is 97.0 cm³/mol. The summed E-state index contributed by atoms with van der Waals surface area (Å²) in [6.07, 6.45) is -5.43. The predicted octanol–water partition coefficient (Wildman–Crippen LogP) is 4.65. The van der Waals surface area contributed by atoms with Crippen LogP contribution in [0.25, 0.3) is 0 Å². The maximum absolute atomic E-state index is 12.8. The number of morpholine rings is 1. The molecule has 0 amide bonds. The van der Waals surface area contributed by atoms with Gasteiger partial charge in [-0.1, -0.05) is 23.2 Å². The number of hydrogen-bond acceptors (Lipinski definition) is 4. The van der Waals surface area contributed by atoms with Crippen LogP contribution in [0.5, 0.6) is 5.75 Å². The van der Waals surface area contributed by atoms with E-state index < -0.39 is 28.2 Å². The Morgan fingerprint density at radius 2 is 1.68 bits per heavy atom. The first-order chi connectivity index (χ1) is 13.0. The van der Waals surface area contributed by atoms with Crippen LogP contribution in [0.1, 0.15) is 11.7 Å². The topological polar surface area (TPSA) is 55.8 Å². The van der Waals surface area contributed by atoms with Gasteiger partial charge in [-0.15, -0.1) is 13.2 Å². The minimum absolute atomic E-state index is 0.0137. The first kappa shape index (κ1) is 21.2. The second-order valence-corrected chi connectivity index (χ2v) is 8.76. The van der Waals surface area contributed by atoms with Gasteiger partial charge in [-0.05, 0) is 48.0 Å². The van der Waals surface area contributed by atoms with Gasteiger partial charge in [0.1, 0.15) is 5.75 Å². The van der Waals surface area contributed by atoms with Crippen molar-refractivity contribution >= 4 is 33.2 Å². The molecule has 2 aromatic rings. The van der Waals surface area contributed by atoms with Gasteiger partial charge in [-0.25, -0.2) is 8.42 Å². The van der Waals surface area contributed by atoms with Crippen molar-refractivity contribution in [2.45, 2.75) is 17.4 Å². The Morgan fingerprint density at radius 3 is 2.25 bits per heavy atom. The monoisotopic (exact) mass is 455 g/mol. The third kappa shape index (κ3) is 5.09. The summed E-state index contributed by atoms with van der Waals surface area (Å²) in [6, 6.07) is 8.86. The van der Waals surface area contributed by atoms with E-state index in [1.165, 1.54) is 4.31 Å². The third-order valence-electron chi connectivity index (χ3n) is 3.98. The van der Waals surface area contributed by atoms with Gasteiger partial charge in [0.15, 0.2) is 0 Å². The Labute approximate surface area is 169 Å². The van der Waals surface area contributed by atoms with Crippen LogP contribution in [0.3, 0.4) is 0 Å². The fourth-order valence-electron chi connectivity index (χ4n) is 2.77. The summed E-state index contributed by atoms with van der Waals surface area (Å²) >= 11 is 12.0. The molecular formula is C17H14Cl2F3NO4S. The van der Waals surface area contributed by atoms with Crippen molar-refractivity contribution in [2.75, 3.05) is 19.7 Å². The summed E-state index contributed by atoms with van der Waals surface area (Å²) in [5, 5.41) is 0.790. The molecule has 0 saturated carbocycles. The summed E-state index contributed by atoms with van der Waals surface area (Å²) in [5.41, 5.74) is 0.631. The maximum Gasteiger partial charge on any atom is 0.573 e.